The number of alkyl halides is 3. The van der Waals surface area contributed by atoms with Gasteiger partial charge < -0.3 is 10.8 Å². The van der Waals surface area contributed by atoms with Crippen LogP contribution in [0.3, 0.4) is 0 Å². The summed E-state index contributed by atoms with van der Waals surface area (Å²) in [6.07, 6.45) is -4.52. The summed E-state index contributed by atoms with van der Waals surface area (Å²) in [5.74, 6) is -0.817. The molecule has 3 N–H and O–H groups in total. The van der Waals surface area contributed by atoms with Crippen LogP contribution in [0.15, 0.2) is 36.5 Å². The molecule has 1 aromatic heterocycles. The van der Waals surface area contributed by atoms with Crippen LogP contribution >= 0.6 is 0 Å². The third-order valence-corrected chi connectivity index (χ3v) is 2.91. The first-order chi connectivity index (χ1) is 9.75. The SMILES string of the molecule is Nc1cc(CC(O)c2cc(F)cc(C(F)(F)F)c2)ccn1. The van der Waals surface area contributed by atoms with E-state index in [-0.39, 0.29) is 17.8 Å². The predicted molar refractivity (Wildman–Crippen MR) is 68.7 cm³/mol. The molecule has 1 heterocycles. The molecule has 3 nitrogen and oxygen atoms in total. The number of nitrogens with zero attached hydrogens (tertiary/aromatic N) is 1. The Balaban J connectivity index is 2.27. The van der Waals surface area contributed by atoms with E-state index in [1.165, 1.54) is 12.3 Å². The molecule has 0 radical (unpaired) electrons. The minimum atomic E-state index is -4.67. The summed E-state index contributed by atoms with van der Waals surface area (Å²) < 4.78 is 51.1. The maximum atomic E-state index is 13.3. The lowest BCUT2D eigenvalue weighted by molar-refractivity contribution is -0.137. The fraction of sp³-hybridized carbons (Fsp3) is 0.214. The van der Waals surface area contributed by atoms with Gasteiger partial charge in [-0.05, 0) is 41.5 Å². The van der Waals surface area contributed by atoms with E-state index >= 15 is 0 Å². The maximum absolute atomic E-state index is 13.3. The number of hydrogen-bond donors (Lipinski definition) is 2. The standard InChI is InChI=1S/C14H12F4N2O/c15-11-6-9(5-10(7-11)14(16,17)18)12(21)3-8-1-2-20-13(19)4-8/h1-2,4-7,12,21H,3H2,(H2,19,20). The van der Waals surface area contributed by atoms with Gasteiger partial charge in [-0.25, -0.2) is 9.37 Å². The molecule has 1 atom stereocenters. The number of nitrogen functional groups attached to an aromatic ring is 1. The van der Waals surface area contributed by atoms with Gasteiger partial charge in [0.05, 0.1) is 11.7 Å². The fourth-order valence-electron chi connectivity index (χ4n) is 1.93. The molecule has 21 heavy (non-hydrogen) atoms. The Kier molecular flexibility index (Phi) is 4.13. The van der Waals surface area contributed by atoms with Crippen molar-refractivity contribution in [2.75, 3.05) is 5.73 Å². The van der Waals surface area contributed by atoms with Gasteiger partial charge >= 0.3 is 6.18 Å². The van der Waals surface area contributed by atoms with Crippen molar-refractivity contribution in [1.82, 2.24) is 4.98 Å². The molecule has 0 fully saturated rings. The van der Waals surface area contributed by atoms with E-state index in [0.717, 1.165) is 12.1 Å². The summed E-state index contributed by atoms with van der Waals surface area (Å²) in [6, 6.07) is 5.07. The van der Waals surface area contributed by atoms with Crippen LogP contribution in [0.2, 0.25) is 0 Å². The van der Waals surface area contributed by atoms with Gasteiger partial charge in [0.1, 0.15) is 11.6 Å². The van der Waals surface area contributed by atoms with Crippen LogP contribution in [-0.4, -0.2) is 10.1 Å². The molecule has 0 aliphatic rings. The van der Waals surface area contributed by atoms with Crippen LogP contribution in [0, 0.1) is 5.82 Å². The molecule has 0 amide bonds. The van der Waals surface area contributed by atoms with E-state index in [1.54, 1.807) is 6.07 Å². The van der Waals surface area contributed by atoms with Gasteiger partial charge in [-0.2, -0.15) is 13.2 Å². The number of halogens is 4. The average Bonchev–Trinajstić information content (AvgIpc) is 2.37. The average molecular weight is 300 g/mol. The first-order valence-electron chi connectivity index (χ1n) is 6.02. The van der Waals surface area contributed by atoms with Crippen molar-refractivity contribution >= 4 is 5.82 Å². The molecular formula is C14H12F4N2O. The van der Waals surface area contributed by atoms with Crippen molar-refractivity contribution in [2.24, 2.45) is 0 Å². The van der Waals surface area contributed by atoms with Crippen LogP contribution in [0.25, 0.3) is 0 Å². The van der Waals surface area contributed by atoms with Gasteiger partial charge in [0.2, 0.25) is 0 Å². The molecule has 0 bridgehead atoms. The highest BCUT2D eigenvalue weighted by molar-refractivity contribution is 5.34. The molecular weight excluding hydrogens is 288 g/mol. The van der Waals surface area contributed by atoms with E-state index in [9.17, 15) is 22.7 Å². The molecule has 2 aromatic rings. The van der Waals surface area contributed by atoms with Crippen molar-refractivity contribution in [3.63, 3.8) is 0 Å². The molecule has 7 heteroatoms. The van der Waals surface area contributed by atoms with Gasteiger partial charge in [0, 0.05) is 12.6 Å². The summed E-state index contributed by atoms with van der Waals surface area (Å²) >= 11 is 0. The normalized spacial score (nSPS) is 13.2. The van der Waals surface area contributed by atoms with Crippen LogP contribution in [-0.2, 0) is 12.6 Å². The number of nitrogens with two attached hydrogens (primary N) is 1. The molecule has 0 saturated heterocycles. The molecule has 1 unspecified atom stereocenters. The van der Waals surface area contributed by atoms with Crippen molar-refractivity contribution in [2.45, 2.75) is 18.7 Å². The van der Waals surface area contributed by atoms with Crippen molar-refractivity contribution < 1.29 is 22.7 Å². The minimum Gasteiger partial charge on any atom is -0.388 e. The van der Waals surface area contributed by atoms with Crippen molar-refractivity contribution in [3.05, 3.63) is 59.0 Å². The molecule has 0 spiro atoms. The highest BCUT2D eigenvalue weighted by Crippen LogP contribution is 2.32. The number of hydrogen-bond acceptors (Lipinski definition) is 3. The van der Waals surface area contributed by atoms with E-state index in [4.69, 9.17) is 5.73 Å². The maximum Gasteiger partial charge on any atom is 0.416 e. The van der Waals surface area contributed by atoms with Gasteiger partial charge in [-0.1, -0.05) is 0 Å². The quantitative estimate of drug-likeness (QED) is 0.856. The molecule has 0 aliphatic carbocycles. The lowest BCUT2D eigenvalue weighted by atomic mass is 10.00. The van der Waals surface area contributed by atoms with Gasteiger partial charge in [-0.3, -0.25) is 0 Å². The smallest absolute Gasteiger partial charge is 0.388 e. The van der Waals surface area contributed by atoms with Gasteiger partial charge in [0.15, 0.2) is 0 Å². The Morgan fingerprint density at radius 2 is 1.90 bits per heavy atom. The summed E-state index contributed by atoms with van der Waals surface area (Å²) in [5, 5.41) is 9.98. The number of aromatic nitrogens is 1. The fourth-order valence-corrected chi connectivity index (χ4v) is 1.93. The van der Waals surface area contributed by atoms with E-state index in [0.29, 0.717) is 11.6 Å². The molecule has 0 aliphatic heterocycles. The number of aliphatic hydroxyl groups is 1. The molecule has 0 saturated carbocycles. The minimum absolute atomic E-state index is 0.00741. The van der Waals surface area contributed by atoms with Crippen molar-refractivity contribution in [1.29, 1.82) is 0 Å². The third kappa shape index (κ3) is 3.91. The highest BCUT2D eigenvalue weighted by Gasteiger charge is 2.31. The van der Waals surface area contributed by atoms with E-state index in [2.05, 4.69) is 4.98 Å². The van der Waals surface area contributed by atoms with E-state index in [1.807, 2.05) is 0 Å². The van der Waals surface area contributed by atoms with Gasteiger partial charge in [-0.15, -0.1) is 0 Å². The second-order valence-electron chi connectivity index (χ2n) is 4.58. The Morgan fingerprint density at radius 1 is 1.19 bits per heavy atom. The highest BCUT2D eigenvalue weighted by atomic mass is 19.4. The summed E-state index contributed by atoms with van der Waals surface area (Å²) in [7, 11) is 0. The van der Waals surface area contributed by atoms with Crippen LogP contribution < -0.4 is 5.73 Å². The van der Waals surface area contributed by atoms with Crippen molar-refractivity contribution in [3.8, 4) is 0 Å². The summed E-state index contributed by atoms with van der Waals surface area (Å²) in [6.45, 7) is 0. The summed E-state index contributed by atoms with van der Waals surface area (Å²) in [4.78, 5) is 3.77. The summed E-state index contributed by atoms with van der Waals surface area (Å²) in [5.41, 5.74) is 4.79. The lowest BCUT2D eigenvalue weighted by Crippen LogP contribution is -2.09. The van der Waals surface area contributed by atoms with Crippen LogP contribution in [0.1, 0.15) is 22.8 Å². The topological polar surface area (TPSA) is 59.1 Å². The van der Waals surface area contributed by atoms with E-state index < -0.39 is 23.7 Å². The van der Waals surface area contributed by atoms with Crippen LogP contribution in [0.5, 0.6) is 0 Å². The second-order valence-corrected chi connectivity index (χ2v) is 4.58. The zero-order chi connectivity index (χ0) is 15.6. The monoisotopic (exact) mass is 300 g/mol. The lowest BCUT2D eigenvalue weighted by Gasteiger charge is -2.14. The first kappa shape index (κ1) is 15.2. The number of aliphatic hydroxyl groups excluding tert-OH is 1. The predicted octanol–water partition coefficient (Wildman–Crippen LogP) is 3.10. The third-order valence-electron chi connectivity index (χ3n) is 2.91. The zero-order valence-corrected chi connectivity index (χ0v) is 10.7. The first-order valence-corrected chi connectivity index (χ1v) is 6.02. The largest absolute Gasteiger partial charge is 0.416 e. The Bertz CT molecular complexity index is 643. The van der Waals surface area contributed by atoms with Gasteiger partial charge in [0.25, 0.3) is 0 Å². The molecule has 1 aromatic carbocycles. The Morgan fingerprint density at radius 3 is 2.52 bits per heavy atom. The number of pyridine rings is 1. The number of anilines is 1. The zero-order valence-electron chi connectivity index (χ0n) is 10.7. The van der Waals surface area contributed by atoms with Crippen LogP contribution in [0.4, 0.5) is 23.4 Å². The Labute approximate surface area is 118 Å². The second kappa shape index (κ2) is 5.69. The molecule has 112 valence electrons. The molecule has 2 rings (SSSR count). The number of benzene rings is 1. The Hall–Kier alpha value is -2.15. The number of rotatable bonds is 3.